The number of carbonyl (C=O) groups excluding carboxylic acids is 1. The van der Waals surface area contributed by atoms with E-state index in [2.05, 4.69) is 28.6 Å². The number of rotatable bonds is 3. The number of ketones is 1. The van der Waals surface area contributed by atoms with Gasteiger partial charge in [-0.3, -0.25) is 4.79 Å². The molecule has 0 fully saturated rings. The van der Waals surface area contributed by atoms with E-state index in [9.17, 15) is 4.79 Å². The summed E-state index contributed by atoms with van der Waals surface area (Å²) in [6, 6.07) is 11.8. The van der Waals surface area contributed by atoms with Crippen molar-refractivity contribution in [1.29, 1.82) is 0 Å². The van der Waals surface area contributed by atoms with Gasteiger partial charge < -0.3 is 0 Å². The lowest BCUT2D eigenvalue weighted by Gasteiger charge is -2.21. The highest BCUT2D eigenvalue weighted by Crippen LogP contribution is 2.36. The van der Waals surface area contributed by atoms with Crippen LogP contribution in [0.15, 0.2) is 41.8 Å². The van der Waals surface area contributed by atoms with Crippen LogP contribution < -0.4 is 0 Å². The Labute approximate surface area is 171 Å². The van der Waals surface area contributed by atoms with E-state index in [1.54, 1.807) is 11.3 Å². The zero-order valence-electron chi connectivity index (χ0n) is 15.2. The molecule has 5 rings (SSSR count). The van der Waals surface area contributed by atoms with E-state index in [0.717, 1.165) is 35.4 Å². The molecule has 5 nitrogen and oxygen atoms in total. The molecule has 1 aliphatic rings. The molecule has 0 saturated carbocycles. The molecule has 0 N–H and O–H groups in total. The van der Waals surface area contributed by atoms with Crippen LogP contribution in [-0.4, -0.2) is 25.6 Å². The number of thiophene rings is 1. The van der Waals surface area contributed by atoms with Crippen molar-refractivity contribution < 1.29 is 4.79 Å². The van der Waals surface area contributed by atoms with Crippen LogP contribution in [0.1, 0.15) is 46.0 Å². The first-order chi connectivity index (χ1) is 13.7. The fraction of sp³-hybridized carbons (Fsp3) is 0.238. The molecule has 28 heavy (non-hydrogen) atoms. The number of Topliss-reactive ketones (excluding diaryl/α,β-unsaturated/α-hetero) is 1. The number of fused-ring (bicyclic) bond motifs is 3. The summed E-state index contributed by atoms with van der Waals surface area (Å²) in [6.45, 7) is 2.07. The van der Waals surface area contributed by atoms with Gasteiger partial charge in [0.15, 0.2) is 17.1 Å². The maximum atomic E-state index is 12.7. The zero-order valence-corrected chi connectivity index (χ0v) is 16.8. The Morgan fingerprint density at radius 3 is 2.71 bits per heavy atom. The van der Waals surface area contributed by atoms with Crippen molar-refractivity contribution in [1.82, 2.24) is 19.8 Å². The number of aryl methyl sites for hydroxylation is 1. The smallest absolute Gasteiger partial charge is 0.185 e. The van der Waals surface area contributed by atoms with Crippen molar-refractivity contribution in [2.45, 2.75) is 32.1 Å². The Kier molecular flexibility index (Phi) is 4.25. The van der Waals surface area contributed by atoms with Crippen molar-refractivity contribution >= 4 is 34.4 Å². The summed E-state index contributed by atoms with van der Waals surface area (Å²) in [5.41, 5.74) is 4.90. The van der Waals surface area contributed by atoms with Gasteiger partial charge in [-0.2, -0.15) is 5.10 Å². The third kappa shape index (κ3) is 2.75. The van der Waals surface area contributed by atoms with Crippen molar-refractivity contribution in [3.63, 3.8) is 0 Å². The van der Waals surface area contributed by atoms with E-state index in [0.29, 0.717) is 22.8 Å². The highest BCUT2D eigenvalue weighted by Gasteiger charge is 2.32. The predicted molar refractivity (Wildman–Crippen MR) is 110 cm³/mol. The van der Waals surface area contributed by atoms with Crippen molar-refractivity contribution in [3.05, 3.63) is 68.8 Å². The molecular weight excluding hydrogens is 392 g/mol. The lowest BCUT2D eigenvalue weighted by atomic mass is 9.87. The summed E-state index contributed by atoms with van der Waals surface area (Å²) in [6.07, 6.45) is 1.97. The first-order valence-corrected chi connectivity index (χ1v) is 10.5. The maximum absolute atomic E-state index is 12.7. The van der Waals surface area contributed by atoms with E-state index in [4.69, 9.17) is 16.7 Å². The summed E-state index contributed by atoms with van der Waals surface area (Å²) in [7, 11) is 0. The SMILES string of the molecule is CCc1nn2c3c(nnc2c1-c1ccc(Cl)cc1)C(=O)C[C@@H](c1cccs1)C3. The van der Waals surface area contributed by atoms with E-state index < -0.39 is 0 Å². The molecule has 1 atom stereocenters. The predicted octanol–water partition coefficient (Wildman–Crippen LogP) is 4.98. The van der Waals surface area contributed by atoms with Crippen LogP contribution in [-0.2, 0) is 12.8 Å². The van der Waals surface area contributed by atoms with Gasteiger partial charge in [-0.15, -0.1) is 21.5 Å². The second-order valence-corrected chi connectivity index (χ2v) is 8.37. The number of hydrogen-bond acceptors (Lipinski definition) is 5. The van der Waals surface area contributed by atoms with Gasteiger partial charge in [-0.1, -0.05) is 36.7 Å². The molecule has 3 aromatic heterocycles. The second kappa shape index (κ2) is 6.79. The maximum Gasteiger partial charge on any atom is 0.185 e. The molecular formula is C21H17ClN4OS. The van der Waals surface area contributed by atoms with Crippen LogP contribution in [0.2, 0.25) is 5.02 Å². The van der Waals surface area contributed by atoms with Gasteiger partial charge in [-0.05, 0) is 35.6 Å². The lowest BCUT2D eigenvalue weighted by Crippen LogP contribution is -2.23. The quantitative estimate of drug-likeness (QED) is 0.479. The van der Waals surface area contributed by atoms with Gasteiger partial charge >= 0.3 is 0 Å². The summed E-state index contributed by atoms with van der Waals surface area (Å²) < 4.78 is 1.84. The topological polar surface area (TPSA) is 60.1 Å². The molecule has 140 valence electrons. The largest absolute Gasteiger partial charge is 0.292 e. The molecule has 0 radical (unpaired) electrons. The molecule has 0 saturated heterocycles. The first kappa shape index (κ1) is 17.5. The third-order valence-corrected chi connectivity index (χ3v) is 6.54. The molecule has 7 heteroatoms. The van der Waals surface area contributed by atoms with Gasteiger partial charge in [-0.25, -0.2) is 4.52 Å². The van der Waals surface area contributed by atoms with Gasteiger partial charge in [0.05, 0.1) is 17.0 Å². The van der Waals surface area contributed by atoms with Crippen LogP contribution in [0.4, 0.5) is 0 Å². The molecule has 1 aliphatic carbocycles. The summed E-state index contributed by atoms with van der Waals surface area (Å²) in [5.74, 6) is 0.205. The number of carbonyl (C=O) groups is 1. The average molecular weight is 409 g/mol. The van der Waals surface area contributed by atoms with Crippen molar-refractivity contribution in [2.75, 3.05) is 0 Å². The number of hydrogen-bond donors (Lipinski definition) is 0. The molecule has 3 heterocycles. The highest BCUT2D eigenvalue weighted by molar-refractivity contribution is 7.10. The molecule has 1 aromatic carbocycles. The van der Waals surface area contributed by atoms with Gasteiger partial charge in [0.25, 0.3) is 0 Å². The van der Waals surface area contributed by atoms with Crippen LogP contribution in [0.5, 0.6) is 0 Å². The molecule has 0 bridgehead atoms. The normalized spacial score (nSPS) is 16.5. The first-order valence-electron chi connectivity index (χ1n) is 9.25. The fourth-order valence-corrected chi connectivity index (χ4v) is 4.86. The van der Waals surface area contributed by atoms with Crippen LogP contribution >= 0.6 is 22.9 Å². The minimum absolute atomic E-state index is 0.0376. The Hall–Kier alpha value is -2.57. The molecule has 0 spiro atoms. The molecule has 4 aromatic rings. The monoisotopic (exact) mass is 408 g/mol. The zero-order chi connectivity index (χ0) is 19.3. The Bertz CT molecular complexity index is 1180. The summed E-state index contributed by atoms with van der Waals surface area (Å²) in [5, 5.41) is 16.3. The van der Waals surface area contributed by atoms with Gasteiger partial charge in [0, 0.05) is 28.7 Å². The lowest BCUT2D eigenvalue weighted by molar-refractivity contribution is 0.0956. The van der Waals surface area contributed by atoms with E-state index >= 15 is 0 Å². The molecule has 0 unspecified atom stereocenters. The Morgan fingerprint density at radius 1 is 1.18 bits per heavy atom. The van der Waals surface area contributed by atoms with Gasteiger partial charge in [0.1, 0.15) is 0 Å². The minimum Gasteiger partial charge on any atom is -0.292 e. The summed E-state index contributed by atoms with van der Waals surface area (Å²) in [4.78, 5) is 14.0. The highest BCUT2D eigenvalue weighted by atomic mass is 35.5. The van der Waals surface area contributed by atoms with E-state index in [1.807, 2.05) is 34.8 Å². The minimum atomic E-state index is 0.0376. The fourth-order valence-electron chi connectivity index (χ4n) is 3.90. The van der Waals surface area contributed by atoms with Crippen molar-refractivity contribution in [3.8, 4) is 11.1 Å². The third-order valence-electron chi connectivity index (χ3n) is 5.26. The molecule has 0 aliphatic heterocycles. The van der Waals surface area contributed by atoms with E-state index in [-0.39, 0.29) is 11.7 Å². The standard InChI is InChI=1S/C21H17ClN4OS/c1-2-15-19(12-5-7-14(22)8-6-12)21-24-23-20-16(26(21)25-15)10-13(11-17(20)27)18-4-3-9-28-18/h3-9,13H,2,10-11H2,1H3/t13-/m0/s1. The number of halogens is 1. The Balaban J connectivity index is 1.70. The second-order valence-electron chi connectivity index (χ2n) is 6.96. The van der Waals surface area contributed by atoms with E-state index in [1.165, 1.54) is 4.88 Å². The van der Waals surface area contributed by atoms with Crippen LogP contribution in [0.25, 0.3) is 16.8 Å². The Morgan fingerprint density at radius 2 is 2.00 bits per heavy atom. The molecule has 0 amide bonds. The number of nitrogens with zero attached hydrogens (tertiary/aromatic N) is 4. The average Bonchev–Trinajstić information content (AvgIpc) is 3.36. The van der Waals surface area contributed by atoms with Crippen LogP contribution in [0, 0.1) is 0 Å². The summed E-state index contributed by atoms with van der Waals surface area (Å²) >= 11 is 7.75. The van der Waals surface area contributed by atoms with Gasteiger partial charge in [0.2, 0.25) is 0 Å². The van der Waals surface area contributed by atoms with Crippen LogP contribution in [0.3, 0.4) is 0 Å². The van der Waals surface area contributed by atoms with Crippen molar-refractivity contribution in [2.24, 2.45) is 0 Å². The number of benzene rings is 1. The number of aromatic nitrogens is 4.